The molecule has 0 aliphatic heterocycles. The van der Waals surface area contributed by atoms with Crippen LogP contribution in [0.5, 0.6) is 0 Å². The summed E-state index contributed by atoms with van der Waals surface area (Å²) in [7, 11) is -4.79. The van der Waals surface area contributed by atoms with Crippen LogP contribution >= 0.6 is 7.60 Å². The number of nitrogens with two attached hydrogens (primary N) is 1. The van der Waals surface area contributed by atoms with Gasteiger partial charge in [-0.05, 0) is 29.8 Å². The minimum Gasteiger partial charge on any atom is -0.478 e. The Bertz CT molecular complexity index is 1290. The first-order chi connectivity index (χ1) is 13.8. The third-order valence-electron chi connectivity index (χ3n) is 4.55. The fourth-order valence-electron chi connectivity index (χ4n) is 3.30. The van der Waals surface area contributed by atoms with Gasteiger partial charge in [0.25, 0.3) is 0 Å². The highest BCUT2D eigenvalue weighted by Gasteiger charge is 2.33. The number of aromatic nitrogens is 2. The van der Waals surface area contributed by atoms with Gasteiger partial charge in [0.15, 0.2) is 11.6 Å². The van der Waals surface area contributed by atoms with Crippen LogP contribution in [0.1, 0.15) is 21.5 Å². The number of hydrogen-bond donors (Lipinski definition) is 5. The summed E-state index contributed by atoms with van der Waals surface area (Å²) in [6, 6.07) is 11.2. The molecule has 0 amide bonds. The molecule has 0 aliphatic rings. The number of H-pyrrole nitrogens is 1. The van der Waals surface area contributed by atoms with E-state index in [-0.39, 0.29) is 34.5 Å². The Hall–Kier alpha value is -3.39. The lowest BCUT2D eigenvalue weighted by atomic mass is 10.0. The average Bonchev–Trinajstić information content (AvgIpc) is 3.26. The van der Waals surface area contributed by atoms with Crippen molar-refractivity contribution in [2.75, 3.05) is 5.73 Å². The molecule has 4 rings (SSSR count). The molecule has 4 aromatic rings. The summed E-state index contributed by atoms with van der Waals surface area (Å²) in [5.41, 5.74) is 8.23. The summed E-state index contributed by atoms with van der Waals surface area (Å²) in [5, 5.41) is 8.84. The van der Waals surface area contributed by atoms with Gasteiger partial charge in [-0.3, -0.25) is 4.57 Å². The lowest BCUT2D eigenvalue weighted by molar-refractivity contribution is 0.0696. The molecule has 0 aliphatic carbocycles. The molecule has 9 nitrogen and oxygen atoms in total. The minimum atomic E-state index is -4.79. The number of nitrogens with one attached hydrogen (secondary N) is 1. The number of imidazole rings is 1. The highest BCUT2D eigenvalue weighted by Crippen LogP contribution is 2.44. The number of furan rings is 1. The monoisotopic (exact) mass is 413 g/mol. The van der Waals surface area contributed by atoms with E-state index in [4.69, 9.17) is 15.3 Å². The number of aromatic amines is 1. The number of aromatic carboxylic acids is 1. The molecule has 148 valence electrons. The molecule has 0 spiro atoms. The molecule has 6 N–H and O–H groups in total. The smallest absolute Gasteiger partial charge is 0.360 e. The van der Waals surface area contributed by atoms with Crippen molar-refractivity contribution in [2.24, 2.45) is 0 Å². The zero-order valence-corrected chi connectivity index (χ0v) is 15.8. The number of nitrogen functional groups attached to an aromatic ring is 1. The third-order valence-corrected chi connectivity index (χ3v) is 5.61. The summed E-state index contributed by atoms with van der Waals surface area (Å²) in [6.45, 7) is 0. The van der Waals surface area contributed by atoms with E-state index in [1.807, 2.05) is 0 Å². The number of carboxylic acid groups (broad SMARTS) is 1. The minimum absolute atomic E-state index is 0.00651. The number of rotatable bonds is 5. The standard InChI is InChI=1S/C19H16N3O6P/c20-18-13(8-10-3-1-4-11(7-10)19(23)24)17(29(25,26)27)16(28-18)12-5-2-6-14-15(12)22-9-21-14/h1-7,9H,8,20H2,(H,21,22)(H,23,24)(H2,25,26,27). The highest BCUT2D eigenvalue weighted by molar-refractivity contribution is 7.60. The molecule has 0 unspecified atom stereocenters. The Kier molecular flexibility index (Phi) is 4.50. The lowest BCUT2D eigenvalue weighted by Gasteiger charge is -2.09. The maximum absolute atomic E-state index is 12.4. The Morgan fingerprint density at radius 2 is 1.97 bits per heavy atom. The maximum atomic E-state index is 12.4. The van der Waals surface area contributed by atoms with E-state index >= 15 is 0 Å². The van der Waals surface area contributed by atoms with Gasteiger partial charge in [0.1, 0.15) is 5.30 Å². The largest absolute Gasteiger partial charge is 0.478 e. The molecule has 0 bridgehead atoms. The Balaban J connectivity index is 1.90. The van der Waals surface area contributed by atoms with E-state index in [0.717, 1.165) is 0 Å². The van der Waals surface area contributed by atoms with Crippen LogP contribution < -0.4 is 11.0 Å². The first-order valence-electron chi connectivity index (χ1n) is 8.47. The number of fused-ring (bicyclic) bond motifs is 1. The average molecular weight is 413 g/mol. The second-order valence-corrected chi connectivity index (χ2v) is 7.99. The van der Waals surface area contributed by atoms with Crippen molar-refractivity contribution in [3.8, 4) is 11.3 Å². The predicted octanol–water partition coefficient (Wildman–Crippen LogP) is 2.50. The summed E-state index contributed by atoms with van der Waals surface area (Å²) < 4.78 is 18.0. The number of carbonyl (C=O) groups is 1. The lowest BCUT2D eigenvalue weighted by Crippen LogP contribution is -2.12. The fraction of sp³-hybridized carbons (Fsp3) is 0.0526. The molecule has 2 heterocycles. The maximum Gasteiger partial charge on any atom is 0.360 e. The zero-order chi connectivity index (χ0) is 20.8. The number of nitrogens with zero attached hydrogens (tertiary/aromatic N) is 1. The topological polar surface area (TPSA) is 163 Å². The van der Waals surface area contributed by atoms with Crippen LogP contribution in [0.2, 0.25) is 0 Å². The van der Waals surface area contributed by atoms with Crippen molar-refractivity contribution >= 4 is 35.8 Å². The van der Waals surface area contributed by atoms with Gasteiger partial charge in [-0.2, -0.15) is 0 Å². The van der Waals surface area contributed by atoms with Gasteiger partial charge in [-0.25, -0.2) is 9.78 Å². The van der Waals surface area contributed by atoms with E-state index in [0.29, 0.717) is 22.2 Å². The molecular formula is C19H16N3O6P. The van der Waals surface area contributed by atoms with Crippen molar-refractivity contribution in [1.82, 2.24) is 9.97 Å². The number of para-hydroxylation sites is 1. The van der Waals surface area contributed by atoms with Gasteiger partial charge in [0.2, 0.25) is 0 Å². The van der Waals surface area contributed by atoms with Crippen LogP contribution in [0, 0.1) is 0 Å². The van der Waals surface area contributed by atoms with Crippen LogP contribution in [0.15, 0.2) is 53.2 Å². The summed E-state index contributed by atoms with van der Waals surface area (Å²) >= 11 is 0. The molecule has 0 atom stereocenters. The first-order valence-corrected chi connectivity index (χ1v) is 10.1. The van der Waals surface area contributed by atoms with E-state index in [9.17, 15) is 19.1 Å². The van der Waals surface area contributed by atoms with E-state index < -0.39 is 13.6 Å². The second-order valence-electron chi connectivity index (χ2n) is 6.45. The van der Waals surface area contributed by atoms with Crippen molar-refractivity contribution in [1.29, 1.82) is 0 Å². The quantitative estimate of drug-likeness (QED) is 0.312. The van der Waals surface area contributed by atoms with Gasteiger partial charge < -0.3 is 30.0 Å². The van der Waals surface area contributed by atoms with Crippen LogP contribution in [0.3, 0.4) is 0 Å². The Morgan fingerprint density at radius 1 is 1.21 bits per heavy atom. The third kappa shape index (κ3) is 3.42. The van der Waals surface area contributed by atoms with Gasteiger partial charge in [0.05, 0.1) is 22.9 Å². The number of carboxylic acids is 1. The van der Waals surface area contributed by atoms with E-state index in [1.54, 1.807) is 30.3 Å². The first kappa shape index (κ1) is 18.9. The van der Waals surface area contributed by atoms with Crippen LogP contribution in [-0.4, -0.2) is 30.8 Å². The van der Waals surface area contributed by atoms with Gasteiger partial charge >= 0.3 is 13.6 Å². The van der Waals surface area contributed by atoms with Crippen molar-refractivity contribution in [3.05, 3.63) is 65.5 Å². The molecule has 2 aromatic heterocycles. The second kappa shape index (κ2) is 6.89. The fourth-order valence-corrected chi connectivity index (χ4v) is 4.27. The zero-order valence-electron chi connectivity index (χ0n) is 14.9. The molecular weight excluding hydrogens is 397 g/mol. The number of hydrogen-bond acceptors (Lipinski definition) is 5. The molecule has 0 radical (unpaired) electrons. The summed E-state index contributed by atoms with van der Waals surface area (Å²) in [5.74, 6) is -1.31. The van der Waals surface area contributed by atoms with Gasteiger partial charge in [-0.15, -0.1) is 0 Å². The van der Waals surface area contributed by atoms with E-state index in [2.05, 4.69) is 9.97 Å². The summed E-state index contributed by atoms with van der Waals surface area (Å²) in [6.07, 6.45) is 1.46. The van der Waals surface area contributed by atoms with Crippen LogP contribution in [0.4, 0.5) is 5.88 Å². The molecule has 0 saturated carbocycles. The molecule has 29 heavy (non-hydrogen) atoms. The molecule has 2 aromatic carbocycles. The van der Waals surface area contributed by atoms with Crippen molar-refractivity contribution < 1.29 is 28.7 Å². The Labute approximate surface area is 164 Å². The SMILES string of the molecule is Nc1oc(-c2cccc3[nH]cnc23)c(P(=O)(O)O)c1Cc1cccc(C(=O)O)c1. The number of anilines is 1. The molecule has 0 saturated heterocycles. The van der Waals surface area contributed by atoms with Gasteiger partial charge in [0, 0.05) is 17.5 Å². The van der Waals surface area contributed by atoms with E-state index in [1.165, 1.54) is 18.5 Å². The Morgan fingerprint density at radius 3 is 2.69 bits per heavy atom. The summed E-state index contributed by atoms with van der Waals surface area (Å²) in [4.78, 5) is 38.4. The van der Waals surface area contributed by atoms with Crippen LogP contribution in [-0.2, 0) is 11.0 Å². The van der Waals surface area contributed by atoms with Gasteiger partial charge in [-0.1, -0.05) is 18.2 Å². The molecule has 0 fully saturated rings. The normalized spacial score (nSPS) is 11.8. The highest BCUT2D eigenvalue weighted by atomic mass is 31.2. The predicted molar refractivity (Wildman–Crippen MR) is 106 cm³/mol. The van der Waals surface area contributed by atoms with Crippen molar-refractivity contribution in [2.45, 2.75) is 6.42 Å². The van der Waals surface area contributed by atoms with Crippen molar-refractivity contribution in [3.63, 3.8) is 0 Å². The number of benzene rings is 2. The molecule has 10 heteroatoms. The van der Waals surface area contributed by atoms with Crippen LogP contribution in [0.25, 0.3) is 22.4 Å².